The summed E-state index contributed by atoms with van der Waals surface area (Å²) in [6, 6.07) is 14.8. The van der Waals surface area contributed by atoms with Crippen molar-refractivity contribution in [3.63, 3.8) is 0 Å². The van der Waals surface area contributed by atoms with Crippen LogP contribution in [0.25, 0.3) is 6.08 Å². The fraction of sp³-hybridized carbons (Fsp3) is 0.200. The number of anilines is 1. The van der Waals surface area contributed by atoms with E-state index in [1.54, 1.807) is 24.3 Å². The summed E-state index contributed by atoms with van der Waals surface area (Å²) < 4.78 is 0. The van der Waals surface area contributed by atoms with Crippen LogP contribution in [0.15, 0.2) is 58.4 Å². The number of para-hydroxylation sites is 1. The van der Waals surface area contributed by atoms with Crippen LogP contribution in [-0.2, 0) is 4.79 Å². The van der Waals surface area contributed by atoms with Crippen molar-refractivity contribution in [2.24, 2.45) is 4.99 Å². The second-order valence-corrected chi connectivity index (χ2v) is 7.77. The number of amidine groups is 1. The van der Waals surface area contributed by atoms with E-state index in [1.807, 2.05) is 30.3 Å². The highest BCUT2D eigenvalue weighted by molar-refractivity contribution is 8.18. The molecule has 1 N–H and O–H groups in total. The molecule has 2 aromatic rings. The van der Waals surface area contributed by atoms with Crippen LogP contribution < -0.4 is 4.90 Å². The van der Waals surface area contributed by atoms with Gasteiger partial charge in [-0.05, 0) is 48.2 Å². The molecule has 1 amide bonds. The fourth-order valence-corrected chi connectivity index (χ4v) is 4.17. The van der Waals surface area contributed by atoms with Crippen LogP contribution in [0.1, 0.15) is 5.56 Å². The lowest BCUT2D eigenvalue weighted by Gasteiger charge is -2.36. The molecule has 1 saturated heterocycles. The Kier molecular flexibility index (Phi) is 5.09. The van der Waals surface area contributed by atoms with Gasteiger partial charge in [0, 0.05) is 42.5 Å². The first-order chi connectivity index (χ1) is 13.1. The van der Waals surface area contributed by atoms with Crippen molar-refractivity contribution in [3.8, 4) is 5.75 Å². The van der Waals surface area contributed by atoms with Crippen molar-refractivity contribution in [3.05, 3.63) is 64.0 Å². The Morgan fingerprint density at radius 3 is 2.37 bits per heavy atom. The van der Waals surface area contributed by atoms with Gasteiger partial charge in [0.25, 0.3) is 5.91 Å². The third kappa shape index (κ3) is 3.96. The molecule has 0 aromatic heterocycles. The largest absolute Gasteiger partial charge is 0.507 e. The summed E-state index contributed by atoms with van der Waals surface area (Å²) in [6.07, 6.45) is 1.70. The molecule has 1 fully saturated rings. The lowest BCUT2D eigenvalue weighted by atomic mass is 10.2. The van der Waals surface area contributed by atoms with Gasteiger partial charge in [0.1, 0.15) is 5.75 Å². The van der Waals surface area contributed by atoms with E-state index in [0.717, 1.165) is 42.1 Å². The summed E-state index contributed by atoms with van der Waals surface area (Å²) in [5.41, 5.74) is 1.77. The van der Waals surface area contributed by atoms with E-state index in [4.69, 9.17) is 11.6 Å². The Morgan fingerprint density at radius 2 is 1.67 bits per heavy atom. The molecule has 2 aliphatic heterocycles. The van der Waals surface area contributed by atoms with Crippen LogP contribution in [-0.4, -0.2) is 47.3 Å². The summed E-state index contributed by atoms with van der Waals surface area (Å²) in [7, 11) is 0. The molecular formula is C20H18ClN3O2S. The van der Waals surface area contributed by atoms with E-state index in [-0.39, 0.29) is 11.7 Å². The van der Waals surface area contributed by atoms with Crippen LogP contribution in [0.2, 0.25) is 5.02 Å². The molecule has 5 nitrogen and oxygen atoms in total. The first-order valence-corrected chi connectivity index (χ1v) is 9.85. The average molecular weight is 400 g/mol. The molecular weight excluding hydrogens is 382 g/mol. The first-order valence-electron chi connectivity index (χ1n) is 8.66. The van der Waals surface area contributed by atoms with E-state index < -0.39 is 0 Å². The van der Waals surface area contributed by atoms with E-state index in [0.29, 0.717) is 10.5 Å². The molecule has 0 bridgehead atoms. The summed E-state index contributed by atoms with van der Waals surface area (Å²) in [6.45, 7) is 3.30. The number of aliphatic imine (C=N–C) groups is 1. The molecule has 4 rings (SSSR count). The lowest BCUT2D eigenvalue weighted by molar-refractivity contribution is -0.113. The number of carbonyl (C=O) groups excluding carboxylic acids is 1. The number of aromatic hydroxyl groups is 1. The maximum atomic E-state index is 12.3. The van der Waals surface area contributed by atoms with Crippen LogP contribution >= 0.6 is 23.4 Å². The third-order valence-corrected chi connectivity index (χ3v) is 5.87. The Morgan fingerprint density at radius 1 is 1.00 bits per heavy atom. The number of halogens is 1. The van der Waals surface area contributed by atoms with Gasteiger partial charge >= 0.3 is 0 Å². The standard InChI is InChI=1S/C20H18ClN3O2S/c21-15-5-7-16(8-6-15)23-9-11-24(12-10-23)20-22-19(26)18(27-20)13-14-3-1-2-4-17(14)25/h1-8,13,25H,9-12H2. The quantitative estimate of drug-likeness (QED) is 0.777. The molecule has 0 unspecified atom stereocenters. The maximum absolute atomic E-state index is 12.3. The first kappa shape index (κ1) is 17.9. The molecule has 2 aliphatic rings. The van der Waals surface area contributed by atoms with Gasteiger partial charge in [-0.2, -0.15) is 4.99 Å². The monoisotopic (exact) mass is 399 g/mol. The zero-order chi connectivity index (χ0) is 18.8. The number of phenolic OH excluding ortho intramolecular Hbond substituents is 1. The number of thioether (sulfide) groups is 1. The number of hydrogen-bond acceptors (Lipinski definition) is 5. The van der Waals surface area contributed by atoms with Crippen molar-refractivity contribution >= 4 is 46.2 Å². The fourth-order valence-electron chi connectivity index (χ4n) is 3.09. The van der Waals surface area contributed by atoms with Crippen LogP contribution in [0, 0.1) is 0 Å². The van der Waals surface area contributed by atoms with Gasteiger partial charge in [0.05, 0.1) is 4.91 Å². The van der Waals surface area contributed by atoms with Crippen molar-refractivity contribution in [2.45, 2.75) is 0 Å². The van der Waals surface area contributed by atoms with E-state index >= 15 is 0 Å². The van der Waals surface area contributed by atoms with E-state index in [2.05, 4.69) is 14.8 Å². The molecule has 2 heterocycles. The zero-order valence-corrected chi connectivity index (χ0v) is 16.1. The van der Waals surface area contributed by atoms with Gasteiger partial charge < -0.3 is 14.9 Å². The number of phenols is 1. The minimum absolute atomic E-state index is 0.156. The van der Waals surface area contributed by atoms with Crippen LogP contribution in [0.3, 0.4) is 0 Å². The smallest absolute Gasteiger partial charge is 0.286 e. The number of amides is 1. The Balaban J connectivity index is 1.41. The SMILES string of the molecule is O=C1N=C(N2CCN(c3ccc(Cl)cc3)CC2)SC1=Cc1ccccc1O. The highest BCUT2D eigenvalue weighted by atomic mass is 35.5. The highest BCUT2D eigenvalue weighted by Crippen LogP contribution is 2.32. The van der Waals surface area contributed by atoms with Gasteiger partial charge in [-0.15, -0.1) is 0 Å². The number of benzene rings is 2. The van der Waals surface area contributed by atoms with E-state index in [9.17, 15) is 9.90 Å². The van der Waals surface area contributed by atoms with E-state index in [1.165, 1.54) is 11.8 Å². The predicted molar refractivity (Wildman–Crippen MR) is 111 cm³/mol. The van der Waals surface area contributed by atoms with Gasteiger partial charge in [0.2, 0.25) is 0 Å². The molecule has 0 aliphatic carbocycles. The van der Waals surface area contributed by atoms with Crippen molar-refractivity contribution in [1.82, 2.24) is 4.90 Å². The Labute approximate surface area is 167 Å². The average Bonchev–Trinajstić information content (AvgIpc) is 3.05. The van der Waals surface area contributed by atoms with Crippen molar-refractivity contribution in [2.75, 3.05) is 31.1 Å². The van der Waals surface area contributed by atoms with Crippen LogP contribution in [0.5, 0.6) is 5.75 Å². The predicted octanol–water partition coefficient (Wildman–Crippen LogP) is 3.84. The number of nitrogens with zero attached hydrogens (tertiary/aromatic N) is 3. The summed E-state index contributed by atoms with van der Waals surface area (Å²) in [5, 5.41) is 11.4. The van der Waals surface area contributed by atoms with Gasteiger partial charge in [-0.25, -0.2) is 0 Å². The molecule has 138 valence electrons. The molecule has 0 radical (unpaired) electrons. The van der Waals surface area contributed by atoms with Gasteiger partial charge in [-0.3, -0.25) is 4.79 Å². The summed E-state index contributed by atoms with van der Waals surface area (Å²) in [5.74, 6) is -0.0955. The zero-order valence-electron chi connectivity index (χ0n) is 14.5. The minimum atomic E-state index is -0.251. The van der Waals surface area contributed by atoms with Crippen LogP contribution in [0.4, 0.5) is 5.69 Å². The molecule has 0 atom stereocenters. The molecule has 7 heteroatoms. The van der Waals surface area contributed by atoms with Crippen molar-refractivity contribution < 1.29 is 9.90 Å². The second kappa shape index (κ2) is 7.66. The minimum Gasteiger partial charge on any atom is -0.507 e. The Hall–Kier alpha value is -2.44. The Bertz CT molecular complexity index is 919. The number of piperazine rings is 1. The number of rotatable bonds is 2. The summed E-state index contributed by atoms with van der Waals surface area (Å²) in [4.78, 5) is 21.4. The van der Waals surface area contributed by atoms with Gasteiger partial charge in [0.15, 0.2) is 5.17 Å². The second-order valence-electron chi connectivity index (χ2n) is 6.32. The maximum Gasteiger partial charge on any atom is 0.286 e. The lowest BCUT2D eigenvalue weighted by Crippen LogP contribution is -2.47. The third-order valence-electron chi connectivity index (χ3n) is 4.57. The number of hydrogen-bond donors (Lipinski definition) is 1. The summed E-state index contributed by atoms with van der Waals surface area (Å²) >= 11 is 7.33. The molecule has 0 saturated carbocycles. The normalized spacial score (nSPS) is 18.9. The topological polar surface area (TPSA) is 56.1 Å². The number of carbonyl (C=O) groups is 1. The molecule has 27 heavy (non-hydrogen) atoms. The van der Waals surface area contributed by atoms with Crippen molar-refractivity contribution in [1.29, 1.82) is 0 Å². The van der Waals surface area contributed by atoms with Gasteiger partial charge in [-0.1, -0.05) is 29.8 Å². The highest BCUT2D eigenvalue weighted by Gasteiger charge is 2.28. The molecule has 2 aromatic carbocycles. The molecule has 0 spiro atoms.